The normalized spacial score (nSPS) is 10.2. The molecule has 0 radical (unpaired) electrons. The van der Waals surface area contributed by atoms with E-state index in [4.69, 9.17) is 0 Å². The second-order valence-electron chi connectivity index (χ2n) is 3.40. The van der Waals surface area contributed by atoms with Crippen molar-refractivity contribution in [2.24, 2.45) is 0 Å². The van der Waals surface area contributed by atoms with Crippen LogP contribution < -0.4 is 5.32 Å². The Balaban J connectivity index is 1.98. The molecule has 0 aliphatic carbocycles. The number of nitrogens with one attached hydrogen (secondary N) is 1. The first kappa shape index (κ1) is 13.0. The zero-order chi connectivity index (χ0) is 12.3. The minimum absolute atomic E-state index is 0.0342. The third-order valence-electron chi connectivity index (χ3n) is 2.14. The van der Waals surface area contributed by atoms with Crippen LogP contribution in [0.2, 0.25) is 0 Å². The predicted octanol–water partition coefficient (Wildman–Crippen LogP) is 4.05. The van der Waals surface area contributed by atoms with Gasteiger partial charge >= 0.3 is 0 Å². The van der Waals surface area contributed by atoms with Crippen molar-refractivity contribution in [2.75, 3.05) is 0 Å². The van der Waals surface area contributed by atoms with Crippen LogP contribution in [0.1, 0.15) is 15.2 Å². The van der Waals surface area contributed by atoms with Crippen molar-refractivity contribution in [1.82, 2.24) is 5.32 Å². The first-order valence-electron chi connectivity index (χ1n) is 4.93. The van der Waals surface area contributed by atoms with Gasteiger partial charge in [0.25, 0.3) is 5.91 Å². The molecule has 2 aromatic rings. The molecule has 0 saturated carbocycles. The summed E-state index contributed by atoms with van der Waals surface area (Å²) in [4.78, 5) is 13.0. The molecule has 0 spiro atoms. The second-order valence-corrected chi connectivity index (χ2v) is 7.19. The van der Waals surface area contributed by atoms with Gasteiger partial charge < -0.3 is 5.32 Å². The Bertz CT molecular complexity index is 541. The lowest BCUT2D eigenvalue weighted by Crippen LogP contribution is -2.22. The number of hydrogen-bond donors (Lipinski definition) is 1. The van der Waals surface area contributed by atoms with E-state index < -0.39 is 0 Å². The Morgan fingerprint density at radius 3 is 2.82 bits per heavy atom. The number of carbonyl (C=O) groups is 1. The van der Waals surface area contributed by atoms with Crippen LogP contribution in [-0.2, 0) is 6.54 Å². The van der Waals surface area contributed by atoms with E-state index in [-0.39, 0.29) is 5.91 Å². The van der Waals surface area contributed by atoms with Crippen molar-refractivity contribution in [1.29, 1.82) is 0 Å². The highest BCUT2D eigenvalue weighted by Crippen LogP contribution is 2.21. The highest BCUT2D eigenvalue weighted by atomic mass is 127. The molecular weight excluding hydrogens is 413 g/mol. The first-order valence-corrected chi connectivity index (χ1v) is 7.62. The van der Waals surface area contributed by atoms with E-state index in [2.05, 4.69) is 43.8 Å². The van der Waals surface area contributed by atoms with Crippen molar-refractivity contribution in [2.45, 2.75) is 6.54 Å². The molecular formula is C12H9BrINOS. The lowest BCUT2D eigenvalue weighted by molar-refractivity contribution is 0.0951. The van der Waals surface area contributed by atoms with E-state index in [0.717, 1.165) is 12.2 Å². The zero-order valence-electron chi connectivity index (χ0n) is 8.74. The SMILES string of the molecule is O=C(NCc1ccc(Br)s1)c1cccc(I)c1. The number of carbonyl (C=O) groups excluding carboxylic acids is 1. The molecule has 1 heterocycles. The molecule has 0 bridgehead atoms. The molecule has 0 aliphatic heterocycles. The molecule has 0 atom stereocenters. The maximum atomic E-state index is 11.9. The van der Waals surface area contributed by atoms with E-state index >= 15 is 0 Å². The highest BCUT2D eigenvalue weighted by Gasteiger charge is 2.06. The molecule has 17 heavy (non-hydrogen) atoms. The minimum atomic E-state index is -0.0342. The summed E-state index contributed by atoms with van der Waals surface area (Å²) < 4.78 is 2.14. The number of benzene rings is 1. The van der Waals surface area contributed by atoms with Crippen molar-refractivity contribution in [3.05, 3.63) is 54.2 Å². The number of amides is 1. The van der Waals surface area contributed by atoms with E-state index in [1.54, 1.807) is 11.3 Å². The molecule has 2 rings (SSSR count). The van der Waals surface area contributed by atoms with Crippen molar-refractivity contribution in [3.63, 3.8) is 0 Å². The van der Waals surface area contributed by atoms with Gasteiger partial charge in [0.05, 0.1) is 10.3 Å². The number of thiophene rings is 1. The van der Waals surface area contributed by atoms with Gasteiger partial charge in [-0.25, -0.2) is 0 Å². The first-order chi connectivity index (χ1) is 8.15. The maximum absolute atomic E-state index is 11.9. The van der Waals surface area contributed by atoms with Crippen molar-refractivity contribution < 1.29 is 4.79 Å². The summed E-state index contributed by atoms with van der Waals surface area (Å²) >= 11 is 7.22. The summed E-state index contributed by atoms with van der Waals surface area (Å²) in [6.07, 6.45) is 0. The van der Waals surface area contributed by atoms with Crippen LogP contribution in [0.5, 0.6) is 0 Å². The van der Waals surface area contributed by atoms with Gasteiger partial charge in [0.1, 0.15) is 0 Å². The standard InChI is InChI=1S/C12H9BrINOS/c13-11-5-4-10(17-11)7-15-12(16)8-2-1-3-9(14)6-8/h1-6H,7H2,(H,15,16). The quantitative estimate of drug-likeness (QED) is 0.744. The molecule has 1 aromatic carbocycles. The van der Waals surface area contributed by atoms with E-state index in [1.807, 2.05) is 36.4 Å². The molecule has 0 saturated heterocycles. The Morgan fingerprint density at radius 1 is 1.35 bits per heavy atom. The third-order valence-corrected chi connectivity index (χ3v) is 4.43. The number of rotatable bonds is 3. The van der Waals surface area contributed by atoms with Crippen LogP contribution >= 0.6 is 49.9 Å². The van der Waals surface area contributed by atoms with Gasteiger partial charge in [-0.3, -0.25) is 4.79 Å². The summed E-state index contributed by atoms with van der Waals surface area (Å²) in [5.74, 6) is -0.0342. The monoisotopic (exact) mass is 421 g/mol. The van der Waals surface area contributed by atoms with Crippen LogP contribution in [-0.4, -0.2) is 5.91 Å². The fourth-order valence-corrected chi connectivity index (χ4v) is 3.31. The minimum Gasteiger partial charge on any atom is -0.347 e. The topological polar surface area (TPSA) is 29.1 Å². The molecule has 88 valence electrons. The fraction of sp³-hybridized carbons (Fsp3) is 0.0833. The van der Waals surface area contributed by atoms with Crippen LogP contribution in [0, 0.1) is 3.57 Å². The van der Waals surface area contributed by atoms with Crippen LogP contribution in [0.3, 0.4) is 0 Å². The Kier molecular flexibility index (Phi) is 4.58. The van der Waals surface area contributed by atoms with Gasteiger partial charge in [-0.2, -0.15) is 0 Å². The Hall–Kier alpha value is -0.400. The number of halogens is 2. The molecule has 0 aliphatic rings. The Labute approximate surface area is 126 Å². The lowest BCUT2D eigenvalue weighted by Gasteiger charge is -2.03. The fourth-order valence-electron chi connectivity index (χ4n) is 1.35. The molecule has 1 N–H and O–H groups in total. The van der Waals surface area contributed by atoms with Gasteiger partial charge in [0, 0.05) is 14.0 Å². The largest absolute Gasteiger partial charge is 0.347 e. The van der Waals surface area contributed by atoms with Crippen molar-refractivity contribution >= 4 is 55.8 Å². The molecule has 0 unspecified atom stereocenters. The number of hydrogen-bond acceptors (Lipinski definition) is 2. The van der Waals surface area contributed by atoms with Gasteiger partial charge in [-0.05, 0) is 68.9 Å². The van der Waals surface area contributed by atoms with Gasteiger partial charge in [-0.15, -0.1) is 11.3 Å². The smallest absolute Gasteiger partial charge is 0.251 e. The van der Waals surface area contributed by atoms with E-state index in [0.29, 0.717) is 12.1 Å². The van der Waals surface area contributed by atoms with Crippen molar-refractivity contribution in [3.8, 4) is 0 Å². The van der Waals surface area contributed by atoms with Gasteiger partial charge in [0.2, 0.25) is 0 Å². The maximum Gasteiger partial charge on any atom is 0.251 e. The van der Waals surface area contributed by atoms with E-state index in [9.17, 15) is 4.79 Å². The molecule has 2 nitrogen and oxygen atoms in total. The Morgan fingerprint density at radius 2 is 2.18 bits per heavy atom. The lowest BCUT2D eigenvalue weighted by atomic mass is 10.2. The van der Waals surface area contributed by atoms with Crippen LogP contribution in [0.4, 0.5) is 0 Å². The van der Waals surface area contributed by atoms with E-state index in [1.165, 1.54) is 0 Å². The predicted molar refractivity (Wildman–Crippen MR) is 82.3 cm³/mol. The molecule has 1 amide bonds. The average Bonchev–Trinajstić information content (AvgIpc) is 2.72. The van der Waals surface area contributed by atoms with Gasteiger partial charge in [-0.1, -0.05) is 6.07 Å². The van der Waals surface area contributed by atoms with Crippen LogP contribution in [0.15, 0.2) is 40.2 Å². The van der Waals surface area contributed by atoms with Crippen LogP contribution in [0.25, 0.3) is 0 Å². The summed E-state index contributed by atoms with van der Waals surface area (Å²) in [7, 11) is 0. The summed E-state index contributed by atoms with van der Waals surface area (Å²) in [5.41, 5.74) is 0.701. The molecule has 1 aromatic heterocycles. The zero-order valence-corrected chi connectivity index (χ0v) is 13.3. The summed E-state index contributed by atoms with van der Waals surface area (Å²) in [6.45, 7) is 0.570. The average molecular weight is 422 g/mol. The molecule has 0 fully saturated rings. The summed E-state index contributed by atoms with van der Waals surface area (Å²) in [5, 5.41) is 2.90. The second kappa shape index (κ2) is 5.97. The highest BCUT2D eigenvalue weighted by molar-refractivity contribution is 14.1. The summed E-state index contributed by atoms with van der Waals surface area (Å²) in [6, 6.07) is 11.5. The van der Waals surface area contributed by atoms with Gasteiger partial charge in [0.15, 0.2) is 0 Å². The molecule has 5 heteroatoms. The third kappa shape index (κ3) is 3.79.